The standard InChI is InChI=1S/C9H16N4O2/c1-4-13-8(10-7-11-13)5-12(2)6-9(14)15-3/h7H,4-6H2,1-3H3. The second-order valence-corrected chi connectivity index (χ2v) is 3.24. The van der Waals surface area contributed by atoms with Gasteiger partial charge in [-0.15, -0.1) is 0 Å². The summed E-state index contributed by atoms with van der Waals surface area (Å²) in [6.45, 7) is 3.62. The molecule has 1 heterocycles. The third kappa shape index (κ3) is 3.32. The highest BCUT2D eigenvalue weighted by Crippen LogP contribution is 1.98. The molecule has 0 aliphatic rings. The lowest BCUT2D eigenvalue weighted by Gasteiger charge is -2.14. The molecule has 0 saturated carbocycles. The van der Waals surface area contributed by atoms with E-state index in [1.807, 2.05) is 18.9 Å². The molecule has 6 nitrogen and oxygen atoms in total. The van der Waals surface area contributed by atoms with Crippen LogP contribution in [0.2, 0.25) is 0 Å². The molecule has 0 aliphatic carbocycles. The van der Waals surface area contributed by atoms with Gasteiger partial charge in [-0.1, -0.05) is 0 Å². The van der Waals surface area contributed by atoms with E-state index in [0.717, 1.165) is 12.4 Å². The lowest BCUT2D eigenvalue weighted by molar-refractivity contribution is -0.141. The second kappa shape index (κ2) is 5.45. The Morgan fingerprint density at radius 1 is 1.67 bits per heavy atom. The monoisotopic (exact) mass is 212 g/mol. The van der Waals surface area contributed by atoms with Crippen LogP contribution < -0.4 is 0 Å². The van der Waals surface area contributed by atoms with Crippen LogP contribution in [0.3, 0.4) is 0 Å². The van der Waals surface area contributed by atoms with Crippen molar-refractivity contribution in [2.45, 2.75) is 20.0 Å². The van der Waals surface area contributed by atoms with Gasteiger partial charge < -0.3 is 4.74 Å². The predicted octanol–water partition coefficient (Wildman–Crippen LogP) is -0.0972. The molecule has 6 heteroatoms. The molecule has 0 atom stereocenters. The smallest absolute Gasteiger partial charge is 0.319 e. The van der Waals surface area contributed by atoms with E-state index in [1.54, 1.807) is 4.68 Å². The van der Waals surface area contributed by atoms with Crippen molar-refractivity contribution in [1.82, 2.24) is 19.7 Å². The topological polar surface area (TPSA) is 60.2 Å². The van der Waals surface area contributed by atoms with Gasteiger partial charge in [-0.05, 0) is 14.0 Å². The van der Waals surface area contributed by atoms with Crippen molar-refractivity contribution in [3.63, 3.8) is 0 Å². The van der Waals surface area contributed by atoms with Gasteiger partial charge in [0.05, 0.1) is 20.2 Å². The van der Waals surface area contributed by atoms with Crippen LogP contribution in [-0.2, 0) is 22.6 Å². The molecule has 0 amide bonds. The van der Waals surface area contributed by atoms with Gasteiger partial charge >= 0.3 is 5.97 Å². The van der Waals surface area contributed by atoms with E-state index < -0.39 is 0 Å². The van der Waals surface area contributed by atoms with Gasteiger partial charge in [-0.3, -0.25) is 9.69 Å². The van der Waals surface area contributed by atoms with Gasteiger partial charge in [0.15, 0.2) is 0 Å². The average Bonchev–Trinajstić information content (AvgIpc) is 2.64. The fraction of sp³-hybridized carbons (Fsp3) is 0.667. The van der Waals surface area contributed by atoms with E-state index in [4.69, 9.17) is 0 Å². The molecule has 0 N–H and O–H groups in total. The van der Waals surface area contributed by atoms with Gasteiger partial charge in [-0.2, -0.15) is 5.10 Å². The van der Waals surface area contributed by atoms with Gasteiger partial charge in [-0.25, -0.2) is 9.67 Å². The number of hydrogen-bond donors (Lipinski definition) is 0. The zero-order valence-corrected chi connectivity index (χ0v) is 9.30. The number of rotatable bonds is 5. The lowest BCUT2D eigenvalue weighted by atomic mass is 10.5. The number of hydrogen-bond acceptors (Lipinski definition) is 5. The summed E-state index contributed by atoms with van der Waals surface area (Å²) in [7, 11) is 3.22. The molecule has 84 valence electrons. The quantitative estimate of drug-likeness (QED) is 0.638. The summed E-state index contributed by atoms with van der Waals surface area (Å²) in [5, 5.41) is 4.05. The molecular formula is C9H16N4O2. The van der Waals surface area contributed by atoms with E-state index in [0.29, 0.717) is 6.54 Å². The zero-order chi connectivity index (χ0) is 11.3. The van der Waals surface area contributed by atoms with E-state index in [2.05, 4.69) is 14.8 Å². The Kier molecular flexibility index (Phi) is 4.23. The predicted molar refractivity (Wildman–Crippen MR) is 54.0 cm³/mol. The summed E-state index contributed by atoms with van der Waals surface area (Å²) in [6, 6.07) is 0. The van der Waals surface area contributed by atoms with Crippen molar-refractivity contribution in [3.05, 3.63) is 12.2 Å². The molecular weight excluding hydrogens is 196 g/mol. The maximum absolute atomic E-state index is 11.0. The third-order valence-corrected chi connectivity index (χ3v) is 2.03. The van der Waals surface area contributed by atoms with E-state index in [9.17, 15) is 4.79 Å². The highest BCUT2D eigenvalue weighted by atomic mass is 16.5. The number of aryl methyl sites for hydroxylation is 1. The van der Waals surface area contributed by atoms with Crippen LogP contribution in [0.4, 0.5) is 0 Å². The van der Waals surface area contributed by atoms with Crippen molar-refractivity contribution in [2.24, 2.45) is 0 Å². The Morgan fingerprint density at radius 2 is 2.40 bits per heavy atom. The Hall–Kier alpha value is -1.43. The minimum Gasteiger partial charge on any atom is -0.468 e. The molecule has 1 rings (SSSR count). The van der Waals surface area contributed by atoms with Crippen LogP contribution in [-0.4, -0.2) is 46.3 Å². The highest BCUT2D eigenvalue weighted by molar-refractivity contribution is 5.71. The van der Waals surface area contributed by atoms with Gasteiger partial charge in [0.1, 0.15) is 12.2 Å². The molecule has 15 heavy (non-hydrogen) atoms. The average molecular weight is 212 g/mol. The molecule has 0 radical (unpaired) electrons. The highest BCUT2D eigenvalue weighted by Gasteiger charge is 2.10. The number of aromatic nitrogens is 3. The first kappa shape index (κ1) is 11.6. The van der Waals surface area contributed by atoms with Crippen LogP contribution in [0.25, 0.3) is 0 Å². The van der Waals surface area contributed by atoms with Gasteiger partial charge in [0.2, 0.25) is 0 Å². The molecule has 0 fully saturated rings. The summed E-state index contributed by atoms with van der Waals surface area (Å²) >= 11 is 0. The van der Waals surface area contributed by atoms with Gasteiger partial charge in [0.25, 0.3) is 0 Å². The summed E-state index contributed by atoms with van der Waals surface area (Å²) in [6.07, 6.45) is 1.52. The number of nitrogens with zero attached hydrogens (tertiary/aromatic N) is 4. The number of carbonyl (C=O) groups excluding carboxylic acids is 1. The third-order valence-electron chi connectivity index (χ3n) is 2.03. The first-order valence-electron chi connectivity index (χ1n) is 4.79. The van der Waals surface area contributed by atoms with Crippen molar-refractivity contribution in [2.75, 3.05) is 20.7 Å². The molecule has 0 unspecified atom stereocenters. The van der Waals surface area contributed by atoms with E-state index in [-0.39, 0.29) is 12.5 Å². The van der Waals surface area contributed by atoms with E-state index >= 15 is 0 Å². The van der Waals surface area contributed by atoms with E-state index in [1.165, 1.54) is 13.4 Å². The minimum atomic E-state index is -0.250. The number of likely N-dealkylation sites (N-methyl/N-ethyl adjacent to an activating group) is 1. The zero-order valence-electron chi connectivity index (χ0n) is 9.30. The first-order valence-corrected chi connectivity index (χ1v) is 4.79. The molecule has 0 spiro atoms. The van der Waals surface area contributed by atoms with Crippen LogP contribution in [0.5, 0.6) is 0 Å². The summed E-state index contributed by atoms with van der Waals surface area (Å²) < 4.78 is 6.37. The Balaban J connectivity index is 2.50. The summed E-state index contributed by atoms with van der Waals surface area (Å²) in [5.41, 5.74) is 0. The maximum Gasteiger partial charge on any atom is 0.319 e. The van der Waals surface area contributed by atoms with Crippen LogP contribution >= 0.6 is 0 Å². The molecule has 0 aromatic carbocycles. The van der Waals surface area contributed by atoms with Crippen molar-refractivity contribution >= 4 is 5.97 Å². The minimum absolute atomic E-state index is 0.250. The van der Waals surface area contributed by atoms with Crippen LogP contribution in [0, 0.1) is 0 Å². The number of carbonyl (C=O) groups is 1. The fourth-order valence-corrected chi connectivity index (χ4v) is 1.26. The number of methoxy groups -OCH3 is 1. The summed E-state index contributed by atoms with van der Waals surface area (Å²) in [4.78, 5) is 17.0. The lowest BCUT2D eigenvalue weighted by Crippen LogP contribution is -2.27. The van der Waals surface area contributed by atoms with Crippen molar-refractivity contribution < 1.29 is 9.53 Å². The Bertz CT molecular complexity index is 324. The van der Waals surface area contributed by atoms with Crippen molar-refractivity contribution in [1.29, 1.82) is 0 Å². The van der Waals surface area contributed by atoms with Crippen molar-refractivity contribution in [3.8, 4) is 0 Å². The number of esters is 1. The summed E-state index contributed by atoms with van der Waals surface area (Å²) in [5.74, 6) is 0.601. The van der Waals surface area contributed by atoms with Crippen LogP contribution in [0.1, 0.15) is 12.7 Å². The molecule has 1 aromatic heterocycles. The van der Waals surface area contributed by atoms with Gasteiger partial charge in [0, 0.05) is 6.54 Å². The molecule has 0 aliphatic heterocycles. The van der Waals surface area contributed by atoms with Crippen LogP contribution in [0.15, 0.2) is 6.33 Å². The fourth-order valence-electron chi connectivity index (χ4n) is 1.26. The molecule has 0 saturated heterocycles. The Morgan fingerprint density at radius 3 is 3.00 bits per heavy atom. The normalized spacial score (nSPS) is 10.7. The Labute approximate surface area is 88.8 Å². The first-order chi connectivity index (χ1) is 7.17. The maximum atomic E-state index is 11.0. The second-order valence-electron chi connectivity index (χ2n) is 3.24. The molecule has 1 aromatic rings. The number of ether oxygens (including phenoxy) is 1. The SMILES string of the molecule is CCn1ncnc1CN(C)CC(=O)OC. The largest absolute Gasteiger partial charge is 0.468 e. The molecule has 0 bridgehead atoms.